The molecule has 0 bridgehead atoms. The zero-order valence-corrected chi connectivity index (χ0v) is 8.24. The molecule has 0 aliphatic carbocycles. The van der Waals surface area contributed by atoms with Crippen molar-refractivity contribution in [2.24, 2.45) is 5.92 Å². The van der Waals surface area contributed by atoms with Crippen LogP contribution >= 0.6 is 0 Å². The van der Waals surface area contributed by atoms with Crippen LogP contribution in [0.25, 0.3) is 0 Å². The average molecular weight is 196 g/mol. The summed E-state index contributed by atoms with van der Waals surface area (Å²) in [6.45, 7) is 3.62. The molecule has 4 nitrogen and oxygen atoms in total. The summed E-state index contributed by atoms with van der Waals surface area (Å²) in [5.74, 6) is 0.663. The van der Waals surface area contributed by atoms with E-state index in [4.69, 9.17) is 9.15 Å². The van der Waals surface area contributed by atoms with Crippen molar-refractivity contribution in [3.05, 3.63) is 18.4 Å². The number of nitrogens with zero attached hydrogens (tertiary/aromatic N) is 1. The number of nitrogens with one attached hydrogen (secondary N) is 1. The van der Waals surface area contributed by atoms with Gasteiger partial charge in [-0.25, -0.2) is 4.98 Å². The molecule has 0 radical (unpaired) electrons. The van der Waals surface area contributed by atoms with Crippen LogP contribution in [0.3, 0.4) is 0 Å². The highest BCUT2D eigenvalue weighted by Crippen LogP contribution is 2.10. The monoisotopic (exact) mass is 196 g/mol. The van der Waals surface area contributed by atoms with Crippen LogP contribution in [-0.4, -0.2) is 24.7 Å². The molecule has 1 saturated heterocycles. The summed E-state index contributed by atoms with van der Waals surface area (Å²) in [5.41, 5.74) is 0.869. The van der Waals surface area contributed by atoms with Crippen molar-refractivity contribution in [2.45, 2.75) is 19.4 Å². The summed E-state index contributed by atoms with van der Waals surface area (Å²) >= 11 is 0. The second kappa shape index (κ2) is 5.12. The number of piperidine rings is 1. The van der Waals surface area contributed by atoms with Crippen molar-refractivity contribution in [1.29, 1.82) is 0 Å². The van der Waals surface area contributed by atoms with Gasteiger partial charge in [0.1, 0.15) is 12.0 Å². The van der Waals surface area contributed by atoms with Crippen molar-refractivity contribution in [3.8, 4) is 0 Å². The van der Waals surface area contributed by atoms with E-state index in [2.05, 4.69) is 10.3 Å². The van der Waals surface area contributed by atoms with Gasteiger partial charge < -0.3 is 14.5 Å². The highest BCUT2D eigenvalue weighted by molar-refractivity contribution is 4.87. The highest BCUT2D eigenvalue weighted by Gasteiger charge is 2.12. The predicted octanol–water partition coefficient (Wildman–Crippen LogP) is 1.19. The molecule has 2 rings (SSSR count). The summed E-state index contributed by atoms with van der Waals surface area (Å²) in [4.78, 5) is 3.99. The average Bonchev–Trinajstić information content (AvgIpc) is 2.72. The third-order valence-electron chi connectivity index (χ3n) is 2.49. The first-order chi connectivity index (χ1) is 6.95. The number of rotatable bonds is 4. The lowest BCUT2D eigenvalue weighted by Crippen LogP contribution is -2.32. The maximum absolute atomic E-state index is 5.56. The van der Waals surface area contributed by atoms with Crippen molar-refractivity contribution >= 4 is 0 Å². The van der Waals surface area contributed by atoms with Gasteiger partial charge in [0, 0.05) is 6.54 Å². The van der Waals surface area contributed by atoms with Crippen LogP contribution in [0.1, 0.15) is 18.5 Å². The normalized spacial score (nSPS) is 22.4. The molecule has 0 unspecified atom stereocenters. The van der Waals surface area contributed by atoms with Gasteiger partial charge in [-0.1, -0.05) is 0 Å². The van der Waals surface area contributed by atoms with Crippen molar-refractivity contribution in [2.75, 3.05) is 19.7 Å². The summed E-state index contributed by atoms with van der Waals surface area (Å²) < 4.78 is 10.4. The van der Waals surface area contributed by atoms with Gasteiger partial charge in [-0.2, -0.15) is 0 Å². The molecular formula is C10H16N2O2. The van der Waals surface area contributed by atoms with Crippen LogP contribution in [0.2, 0.25) is 0 Å². The lowest BCUT2D eigenvalue weighted by molar-refractivity contribution is 0.0763. The summed E-state index contributed by atoms with van der Waals surface area (Å²) in [5, 5.41) is 3.36. The largest absolute Gasteiger partial charge is 0.451 e. The Morgan fingerprint density at radius 1 is 1.64 bits per heavy atom. The summed E-state index contributed by atoms with van der Waals surface area (Å²) in [6, 6.07) is 0. The van der Waals surface area contributed by atoms with Crippen molar-refractivity contribution in [1.82, 2.24) is 10.3 Å². The van der Waals surface area contributed by atoms with E-state index in [0.29, 0.717) is 12.5 Å². The molecule has 1 N–H and O–H groups in total. The van der Waals surface area contributed by atoms with Gasteiger partial charge in [0.05, 0.1) is 13.2 Å². The number of oxazole rings is 1. The Morgan fingerprint density at radius 2 is 2.64 bits per heavy atom. The van der Waals surface area contributed by atoms with E-state index in [-0.39, 0.29) is 0 Å². The quantitative estimate of drug-likeness (QED) is 0.785. The van der Waals surface area contributed by atoms with Crippen LogP contribution in [0.15, 0.2) is 17.1 Å². The summed E-state index contributed by atoms with van der Waals surface area (Å²) in [7, 11) is 0. The fourth-order valence-electron chi connectivity index (χ4n) is 1.71. The number of hydrogen-bond acceptors (Lipinski definition) is 4. The van der Waals surface area contributed by atoms with Crippen molar-refractivity contribution < 1.29 is 9.15 Å². The minimum Gasteiger partial charge on any atom is -0.451 e. The van der Waals surface area contributed by atoms with Crippen LogP contribution in [0.4, 0.5) is 0 Å². The van der Waals surface area contributed by atoms with Crippen LogP contribution < -0.4 is 5.32 Å². The molecule has 0 aromatic carbocycles. The van der Waals surface area contributed by atoms with E-state index in [1.54, 1.807) is 6.26 Å². The molecule has 78 valence electrons. The molecule has 2 heterocycles. The Balaban J connectivity index is 1.62. The van der Waals surface area contributed by atoms with E-state index in [9.17, 15) is 0 Å². The number of hydrogen-bond donors (Lipinski definition) is 1. The second-order valence-corrected chi connectivity index (χ2v) is 3.71. The predicted molar refractivity (Wildman–Crippen MR) is 51.8 cm³/mol. The maximum atomic E-state index is 5.56. The fourth-order valence-corrected chi connectivity index (χ4v) is 1.71. The molecule has 1 aliphatic heterocycles. The first-order valence-corrected chi connectivity index (χ1v) is 5.10. The zero-order valence-electron chi connectivity index (χ0n) is 8.24. The Morgan fingerprint density at radius 3 is 3.36 bits per heavy atom. The molecule has 0 spiro atoms. The third kappa shape index (κ3) is 2.82. The Labute approximate surface area is 83.7 Å². The highest BCUT2D eigenvalue weighted by atomic mass is 16.5. The first kappa shape index (κ1) is 9.68. The number of ether oxygens (including phenoxy) is 1. The topological polar surface area (TPSA) is 47.3 Å². The van der Waals surface area contributed by atoms with E-state index >= 15 is 0 Å². The van der Waals surface area contributed by atoms with Crippen LogP contribution in [0, 0.1) is 5.92 Å². The molecule has 0 amide bonds. The molecule has 4 heteroatoms. The fraction of sp³-hybridized carbons (Fsp3) is 0.700. The molecule has 1 aromatic rings. The third-order valence-corrected chi connectivity index (χ3v) is 2.49. The first-order valence-electron chi connectivity index (χ1n) is 5.10. The minimum absolute atomic E-state index is 0.562. The molecule has 1 aliphatic rings. The van der Waals surface area contributed by atoms with Gasteiger partial charge in [0.15, 0.2) is 6.39 Å². The van der Waals surface area contributed by atoms with E-state index in [1.165, 1.54) is 19.2 Å². The minimum atomic E-state index is 0.562. The Hall–Kier alpha value is -0.870. The van der Waals surface area contributed by atoms with Gasteiger partial charge in [-0.3, -0.25) is 0 Å². The molecule has 1 atom stereocenters. The molecule has 1 fully saturated rings. The van der Waals surface area contributed by atoms with Crippen LogP contribution in [-0.2, 0) is 11.3 Å². The zero-order chi connectivity index (χ0) is 9.64. The van der Waals surface area contributed by atoms with Crippen LogP contribution in [0.5, 0.6) is 0 Å². The Bertz CT molecular complexity index is 243. The smallest absolute Gasteiger partial charge is 0.180 e. The lowest BCUT2D eigenvalue weighted by atomic mass is 10.0. The standard InChI is InChI=1S/C10H16N2O2/c1-2-9(4-11-3-1)5-13-6-10-7-14-8-12-10/h7-9,11H,1-6H2/t9-/m0/s1. The Kier molecular flexibility index (Phi) is 3.54. The van der Waals surface area contributed by atoms with E-state index in [0.717, 1.165) is 25.4 Å². The van der Waals surface area contributed by atoms with Gasteiger partial charge >= 0.3 is 0 Å². The lowest BCUT2D eigenvalue weighted by Gasteiger charge is -2.22. The van der Waals surface area contributed by atoms with Gasteiger partial charge in [-0.15, -0.1) is 0 Å². The molecular weight excluding hydrogens is 180 g/mol. The second-order valence-electron chi connectivity index (χ2n) is 3.71. The molecule has 1 aromatic heterocycles. The molecule has 14 heavy (non-hydrogen) atoms. The molecule has 0 saturated carbocycles. The van der Waals surface area contributed by atoms with Crippen molar-refractivity contribution in [3.63, 3.8) is 0 Å². The SMILES string of the molecule is c1nc(COC[C@H]2CCCNC2)co1. The van der Waals surface area contributed by atoms with Gasteiger partial charge in [-0.05, 0) is 25.3 Å². The van der Waals surface area contributed by atoms with Gasteiger partial charge in [0.2, 0.25) is 0 Å². The number of aromatic nitrogens is 1. The summed E-state index contributed by atoms with van der Waals surface area (Å²) in [6.07, 6.45) is 5.59. The van der Waals surface area contributed by atoms with E-state index in [1.807, 2.05) is 0 Å². The van der Waals surface area contributed by atoms with E-state index < -0.39 is 0 Å². The van der Waals surface area contributed by atoms with Gasteiger partial charge in [0.25, 0.3) is 0 Å². The maximum Gasteiger partial charge on any atom is 0.180 e.